The molecule has 0 radical (unpaired) electrons. The highest BCUT2D eigenvalue weighted by atomic mass is 32.1. The zero-order chi connectivity index (χ0) is 19.0. The molecule has 0 aliphatic rings. The molecule has 3 rings (SSSR count). The minimum atomic E-state index is -0.349. The standard InChI is InChI=1S/C20H21FN2O2S/c1-5-6-17-22-19-18(12(3)13(4)26-19)20(25)23(17)10-16(24)14-7-8-15(21)11(2)9-14/h7-9H,5-6,10H2,1-4H3. The van der Waals surface area contributed by atoms with Gasteiger partial charge in [0.1, 0.15) is 16.5 Å². The van der Waals surface area contributed by atoms with Crippen molar-refractivity contribution in [3.63, 3.8) is 0 Å². The zero-order valence-electron chi connectivity index (χ0n) is 15.4. The average molecular weight is 372 g/mol. The molecule has 26 heavy (non-hydrogen) atoms. The largest absolute Gasteiger partial charge is 0.292 e. The third-order valence-corrected chi connectivity index (χ3v) is 5.72. The molecule has 0 aliphatic heterocycles. The van der Waals surface area contributed by atoms with Crippen molar-refractivity contribution in [1.82, 2.24) is 9.55 Å². The van der Waals surface area contributed by atoms with Gasteiger partial charge in [0.15, 0.2) is 5.78 Å². The van der Waals surface area contributed by atoms with Gasteiger partial charge in [0.05, 0.1) is 11.9 Å². The van der Waals surface area contributed by atoms with Crippen LogP contribution in [0.25, 0.3) is 10.2 Å². The summed E-state index contributed by atoms with van der Waals surface area (Å²) in [5, 5.41) is 0.593. The molecule has 0 N–H and O–H groups in total. The molecule has 0 saturated heterocycles. The van der Waals surface area contributed by atoms with E-state index >= 15 is 0 Å². The molecule has 1 aromatic carbocycles. The van der Waals surface area contributed by atoms with E-state index in [0.29, 0.717) is 28.8 Å². The molecule has 0 aliphatic carbocycles. The minimum Gasteiger partial charge on any atom is -0.292 e. The molecule has 2 heterocycles. The predicted molar refractivity (Wildman–Crippen MR) is 103 cm³/mol. The number of halogens is 1. The molecule has 0 unspecified atom stereocenters. The molecule has 0 amide bonds. The van der Waals surface area contributed by atoms with Gasteiger partial charge in [0.2, 0.25) is 0 Å². The Morgan fingerprint density at radius 1 is 1.27 bits per heavy atom. The topological polar surface area (TPSA) is 52.0 Å². The summed E-state index contributed by atoms with van der Waals surface area (Å²) in [7, 11) is 0. The third-order valence-electron chi connectivity index (χ3n) is 4.62. The summed E-state index contributed by atoms with van der Waals surface area (Å²) in [5.74, 6) is 0.0505. The molecule has 0 bridgehead atoms. The van der Waals surface area contributed by atoms with Crippen molar-refractivity contribution >= 4 is 27.3 Å². The number of aromatic nitrogens is 2. The number of nitrogens with zero attached hydrogens (tertiary/aromatic N) is 2. The fourth-order valence-corrected chi connectivity index (χ4v) is 4.04. The number of carbonyl (C=O) groups is 1. The lowest BCUT2D eigenvalue weighted by Gasteiger charge is -2.12. The highest BCUT2D eigenvalue weighted by Gasteiger charge is 2.18. The van der Waals surface area contributed by atoms with E-state index < -0.39 is 0 Å². The first-order valence-corrected chi connectivity index (χ1v) is 9.43. The summed E-state index contributed by atoms with van der Waals surface area (Å²) in [6.07, 6.45) is 1.45. The first-order valence-electron chi connectivity index (χ1n) is 8.62. The Hall–Kier alpha value is -2.34. The van der Waals surface area contributed by atoms with Crippen LogP contribution in [0.2, 0.25) is 0 Å². The molecular formula is C20H21FN2O2S. The van der Waals surface area contributed by atoms with Gasteiger partial charge in [0.25, 0.3) is 5.56 Å². The quantitative estimate of drug-likeness (QED) is 0.626. The van der Waals surface area contributed by atoms with Gasteiger partial charge in [-0.1, -0.05) is 6.92 Å². The van der Waals surface area contributed by atoms with Crippen LogP contribution in [0.3, 0.4) is 0 Å². The van der Waals surface area contributed by atoms with Crippen molar-refractivity contribution in [2.75, 3.05) is 0 Å². The maximum Gasteiger partial charge on any atom is 0.262 e. The van der Waals surface area contributed by atoms with Gasteiger partial charge in [-0.25, -0.2) is 9.37 Å². The highest BCUT2D eigenvalue weighted by molar-refractivity contribution is 7.18. The van der Waals surface area contributed by atoms with Crippen LogP contribution in [0.1, 0.15) is 45.5 Å². The van der Waals surface area contributed by atoms with Gasteiger partial charge in [0, 0.05) is 16.9 Å². The van der Waals surface area contributed by atoms with Gasteiger partial charge in [-0.05, 0) is 56.5 Å². The maximum absolute atomic E-state index is 13.5. The second-order valence-electron chi connectivity index (χ2n) is 6.52. The Balaban J connectivity index is 2.10. The third kappa shape index (κ3) is 3.21. The van der Waals surface area contributed by atoms with Crippen LogP contribution in [0, 0.1) is 26.6 Å². The summed E-state index contributed by atoms with van der Waals surface area (Å²) in [6.45, 7) is 7.42. The van der Waals surface area contributed by atoms with E-state index in [1.165, 1.54) is 34.1 Å². The van der Waals surface area contributed by atoms with Gasteiger partial charge < -0.3 is 0 Å². The summed E-state index contributed by atoms with van der Waals surface area (Å²) in [6, 6.07) is 4.27. The van der Waals surface area contributed by atoms with Gasteiger partial charge in [-0.3, -0.25) is 14.2 Å². The van der Waals surface area contributed by atoms with Crippen molar-refractivity contribution in [3.05, 3.63) is 61.8 Å². The maximum atomic E-state index is 13.5. The number of hydrogen-bond acceptors (Lipinski definition) is 4. The number of ketones is 1. The molecule has 0 atom stereocenters. The van der Waals surface area contributed by atoms with Crippen LogP contribution in [0.5, 0.6) is 0 Å². The van der Waals surface area contributed by atoms with E-state index in [-0.39, 0.29) is 23.7 Å². The summed E-state index contributed by atoms with van der Waals surface area (Å²) in [4.78, 5) is 32.2. The van der Waals surface area contributed by atoms with E-state index in [1.54, 1.807) is 6.92 Å². The number of hydrogen-bond donors (Lipinski definition) is 0. The molecule has 0 spiro atoms. The molecule has 2 aromatic heterocycles. The Morgan fingerprint density at radius 3 is 2.65 bits per heavy atom. The van der Waals surface area contributed by atoms with Gasteiger partial charge in [-0.15, -0.1) is 11.3 Å². The van der Waals surface area contributed by atoms with E-state index in [0.717, 1.165) is 21.7 Å². The first-order chi connectivity index (χ1) is 12.3. The van der Waals surface area contributed by atoms with Crippen molar-refractivity contribution in [2.45, 2.75) is 47.1 Å². The van der Waals surface area contributed by atoms with E-state index in [9.17, 15) is 14.0 Å². The smallest absolute Gasteiger partial charge is 0.262 e. The Kier molecular flexibility index (Phi) is 5.05. The van der Waals surface area contributed by atoms with Crippen LogP contribution in [0.4, 0.5) is 4.39 Å². The van der Waals surface area contributed by atoms with Crippen LogP contribution < -0.4 is 5.56 Å². The Bertz CT molecular complexity index is 1070. The van der Waals surface area contributed by atoms with Crippen molar-refractivity contribution in [2.24, 2.45) is 0 Å². The van der Waals surface area contributed by atoms with Crippen LogP contribution in [-0.4, -0.2) is 15.3 Å². The molecule has 4 nitrogen and oxygen atoms in total. The number of thiophene rings is 1. The molecule has 6 heteroatoms. The first kappa shape index (κ1) is 18.5. The van der Waals surface area contributed by atoms with Gasteiger partial charge >= 0.3 is 0 Å². The molecule has 0 fully saturated rings. The molecule has 136 valence electrons. The highest BCUT2D eigenvalue weighted by Crippen LogP contribution is 2.26. The van der Waals surface area contributed by atoms with Crippen LogP contribution in [-0.2, 0) is 13.0 Å². The summed E-state index contributed by atoms with van der Waals surface area (Å²) in [5.41, 5.74) is 1.56. The molecular weight excluding hydrogens is 351 g/mol. The lowest BCUT2D eigenvalue weighted by Crippen LogP contribution is -2.28. The summed E-state index contributed by atoms with van der Waals surface area (Å²) < 4.78 is 14.9. The zero-order valence-corrected chi connectivity index (χ0v) is 16.2. The minimum absolute atomic E-state index is 0.0868. The number of fused-ring (bicyclic) bond motifs is 1. The summed E-state index contributed by atoms with van der Waals surface area (Å²) >= 11 is 1.51. The second-order valence-corrected chi connectivity index (χ2v) is 7.72. The number of aryl methyl sites for hydroxylation is 4. The lowest BCUT2D eigenvalue weighted by molar-refractivity contribution is 0.0969. The molecule has 0 saturated carbocycles. The van der Waals surface area contributed by atoms with E-state index in [1.807, 2.05) is 20.8 Å². The van der Waals surface area contributed by atoms with Crippen molar-refractivity contribution < 1.29 is 9.18 Å². The molecule has 3 aromatic rings. The monoisotopic (exact) mass is 372 g/mol. The number of Topliss-reactive ketones (excluding diaryl/α,β-unsaturated/α-hetero) is 1. The lowest BCUT2D eigenvalue weighted by atomic mass is 10.1. The predicted octanol–water partition coefficient (Wildman–Crippen LogP) is 4.36. The normalized spacial score (nSPS) is 11.3. The Labute approximate surface area is 155 Å². The van der Waals surface area contributed by atoms with Crippen molar-refractivity contribution in [1.29, 1.82) is 0 Å². The van der Waals surface area contributed by atoms with Gasteiger partial charge in [-0.2, -0.15) is 0 Å². The second kappa shape index (κ2) is 7.11. The SMILES string of the molecule is CCCc1nc2sc(C)c(C)c2c(=O)n1CC(=O)c1ccc(F)c(C)c1. The fraction of sp³-hybridized carbons (Fsp3) is 0.350. The number of benzene rings is 1. The van der Waals surface area contributed by atoms with Crippen LogP contribution in [0.15, 0.2) is 23.0 Å². The number of rotatable bonds is 5. The van der Waals surface area contributed by atoms with Crippen LogP contribution >= 0.6 is 11.3 Å². The number of carbonyl (C=O) groups excluding carboxylic acids is 1. The van der Waals surface area contributed by atoms with Crippen molar-refractivity contribution in [3.8, 4) is 0 Å². The fourth-order valence-electron chi connectivity index (χ4n) is 3.00. The van der Waals surface area contributed by atoms with E-state index in [2.05, 4.69) is 4.98 Å². The Morgan fingerprint density at radius 2 is 2.00 bits per heavy atom. The van der Waals surface area contributed by atoms with E-state index in [4.69, 9.17) is 0 Å². The average Bonchev–Trinajstić information content (AvgIpc) is 2.88.